The van der Waals surface area contributed by atoms with Crippen LogP contribution in [-0.2, 0) is 0 Å². The molecule has 18 heavy (non-hydrogen) atoms. The first kappa shape index (κ1) is 13.3. The number of hydrogen-bond acceptors (Lipinski definition) is 2. The average molecular weight is 250 g/mol. The van der Waals surface area contributed by atoms with Gasteiger partial charge in [0.25, 0.3) is 0 Å². The van der Waals surface area contributed by atoms with Crippen molar-refractivity contribution in [3.63, 3.8) is 0 Å². The predicted molar refractivity (Wildman–Crippen MR) is 74.6 cm³/mol. The number of nitrogens with zero attached hydrogens (tertiary/aromatic N) is 1. The van der Waals surface area contributed by atoms with Crippen LogP contribution in [0.3, 0.4) is 0 Å². The Morgan fingerprint density at radius 1 is 1.44 bits per heavy atom. The molecule has 2 nitrogen and oxygen atoms in total. The quantitative estimate of drug-likeness (QED) is 0.887. The molecule has 1 aliphatic rings. The van der Waals surface area contributed by atoms with Crippen LogP contribution in [0, 0.1) is 18.7 Å². The van der Waals surface area contributed by atoms with Crippen molar-refractivity contribution in [2.45, 2.75) is 33.2 Å². The van der Waals surface area contributed by atoms with Crippen molar-refractivity contribution in [2.75, 3.05) is 24.5 Å². The summed E-state index contributed by atoms with van der Waals surface area (Å²) in [6, 6.07) is 5.57. The van der Waals surface area contributed by atoms with Gasteiger partial charge in [0.2, 0.25) is 0 Å². The first-order valence-electron chi connectivity index (χ1n) is 6.80. The number of halogens is 1. The fourth-order valence-corrected chi connectivity index (χ4v) is 2.69. The maximum Gasteiger partial charge on any atom is 0.125 e. The van der Waals surface area contributed by atoms with E-state index in [-0.39, 0.29) is 5.82 Å². The second kappa shape index (κ2) is 5.70. The smallest absolute Gasteiger partial charge is 0.125 e. The highest BCUT2D eigenvalue weighted by atomic mass is 19.1. The van der Waals surface area contributed by atoms with Gasteiger partial charge in [-0.05, 0) is 37.0 Å². The first-order valence-corrected chi connectivity index (χ1v) is 6.80. The Morgan fingerprint density at radius 3 is 2.94 bits per heavy atom. The molecule has 100 valence electrons. The highest BCUT2D eigenvalue weighted by Gasteiger charge is 2.21. The van der Waals surface area contributed by atoms with Crippen LogP contribution >= 0.6 is 0 Å². The number of aryl methyl sites for hydroxylation is 1. The van der Waals surface area contributed by atoms with Crippen LogP contribution in [0.1, 0.15) is 25.8 Å². The fraction of sp³-hybridized carbons (Fsp3) is 0.600. The highest BCUT2D eigenvalue weighted by molar-refractivity contribution is 5.53. The maximum atomic E-state index is 13.4. The van der Waals surface area contributed by atoms with Crippen molar-refractivity contribution >= 4 is 5.69 Å². The normalized spacial score (nSPS) is 20.5. The average Bonchev–Trinajstić information content (AvgIpc) is 2.32. The number of nitrogens with one attached hydrogen (secondary N) is 1. The summed E-state index contributed by atoms with van der Waals surface area (Å²) in [6.45, 7) is 9.45. The van der Waals surface area contributed by atoms with E-state index in [2.05, 4.69) is 24.1 Å². The van der Waals surface area contributed by atoms with Crippen molar-refractivity contribution in [2.24, 2.45) is 5.92 Å². The molecule has 1 saturated heterocycles. The first-order chi connectivity index (χ1) is 8.56. The third-order valence-electron chi connectivity index (χ3n) is 3.52. The largest absolute Gasteiger partial charge is 0.368 e. The van der Waals surface area contributed by atoms with Crippen molar-refractivity contribution in [1.82, 2.24) is 5.32 Å². The van der Waals surface area contributed by atoms with E-state index in [0.717, 1.165) is 30.9 Å². The van der Waals surface area contributed by atoms with Crippen molar-refractivity contribution < 1.29 is 4.39 Å². The Balaban J connectivity index is 2.10. The minimum atomic E-state index is -0.144. The summed E-state index contributed by atoms with van der Waals surface area (Å²) in [6.07, 6.45) is 1.17. The van der Waals surface area contributed by atoms with Crippen LogP contribution < -0.4 is 10.2 Å². The molecule has 0 spiro atoms. The predicted octanol–water partition coefficient (Wildman–Crippen LogP) is 2.96. The minimum Gasteiger partial charge on any atom is -0.368 e. The Bertz CT molecular complexity index is 403. The highest BCUT2D eigenvalue weighted by Crippen LogP contribution is 2.23. The molecule has 1 fully saturated rings. The van der Waals surface area contributed by atoms with Gasteiger partial charge in [-0.1, -0.05) is 19.9 Å². The van der Waals surface area contributed by atoms with Gasteiger partial charge in [-0.3, -0.25) is 0 Å². The molecule has 1 unspecified atom stereocenters. The standard InChI is InChI=1S/C15H23FN2/c1-11(2)8-14-10-18(7-6-17-14)15-9-13(16)5-4-12(15)3/h4-5,9,11,14,17H,6-8,10H2,1-3H3. The molecule has 1 aromatic rings. The van der Waals surface area contributed by atoms with Crippen LogP contribution in [-0.4, -0.2) is 25.7 Å². The van der Waals surface area contributed by atoms with E-state index in [1.165, 1.54) is 12.5 Å². The molecule has 1 aliphatic heterocycles. The molecular weight excluding hydrogens is 227 g/mol. The van der Waals surface area contributed by atoms with E-state index in [0.29, 0.717) is 12.0 Å². The summed E-state index contributed by atoms with van der Waals surface area (Å²) in [4.78, 5) is 2.31. The lowest BCUT2D eigenvalue weighted by molar-refractivity contribution is 0.388. The van der Waals surface area contributed by atoms with Gasteiger partial charge in [-0.15, -0.1) is 0 Å². The van der Waals surface area contributed by atoms with E-state index >= 15 is 0 Å². The SMILES string of the molecule is Cc1ccc(F)cc1N1CCNC(CC(C)C)C1. The molecule has 1 N–H and O–H groups in total. The monoisotopic (exact) mass is 250 g/mol. The molecule has 1 atom stereocenters. The lowest BCUT2D eigenvalue weighted by atomic mass is 10.0. The van der Waals surface area contributed by atoms with Gasteiger partial charge in [0.15, 0.2) is 0 Å². The second-order valence-electron chi connectivity index (χ2n) is 5.66. The lowest BCUT2D eigenvalue weighted by Crippen LogP contribution is -2.51. The summed E-state index contributed by atoms with van der Waals surface area (Å²) in [5.74, 6) is 0.547. The van der Waals surface area contributed by atoms with E-state index in [4.69, 9.17) is 0 Å². The topological polar surface area (TPSA) is 15.3 Å². The number of rotatable bonds is 3. The number of hydrogen-bond donors (Lipinski definition) is 1. The fourth-order valence-electron chi connectivity index (χ4n) is 2.69. The van der Waals surface area contributed by atoms with Gasteiger partial charge in [-0.25, -0.2) is 4.39 Å². The number of piperazine rings is 1. The van der Waals surface area contributed by atoms with Gasteiger partial charge < -0.3 is 10.2 Å². The Labute approximate surface area is 109 Å². The Kier molecular flexibility index (Phi) is 4.23. The molecule has 0 aromatic heterocycles. The van der Waals surface area contributed by atoms with Crippen LogP contribution in [0.5, 0.6) is 0 Å². The van der Waals surface area contributed by atoms with Gasteiger partial charge in [-0.2, -0.15) is 0 Å². The van der Waals surface area contributed by atoms with E-state index in [1.807, 2.05) is 13.0 Å². The molecule has 0 aliphatic carbocycles. The molecule has 1 aromatic carbocycles. The molecule has 2 rings (SSSR count). The molecular formula is C15H23FN2. The van der Waals surface area contributed by atoms with E-state index < -0.39 is 0 Å². The second-order valence-corrected chi connectivity index (χ2v) is 5.66. The van der Waals surface area contributed by atoms with Gasteiger partial charge in [0.05, 0.1) is 0 Å². The minimum absolute atomic E-state index is 0.144. The van der Waals surface area contributed by atoms with E-state index in [9.17, 15) is 4.39 Å². The molecule has 0 radical (unpaired) electrons. The van der Waals surface area contributed by atoms with Crippen molar-refractivity contribution in [1.29, 1.82) is 0 Å². The Hall–Kier alpha value is -1.09. The zero-order valence-corrected chi connectivity index (χ0v) is 11.5. The van der Waals surface area contributed by atoms with Gasteiger partial charge in [0, 0.05) is 31.4 Å². The molecule has 0 saturated carbocycles. The van der Waals surface area contributed by atoms with E-state index in [1.54, 1.807) is 6.07 Å². The third kappa shape index (κ3) is 3.22. The van der Waals surface area contributed by atoms with Crippen LogP contribution in [0.4, 0.5) is 10.1 Å². The maximum absolute atomic E-state index is 13.4. The summed E-state index contributed by atoms with van der Waals surface area (Å²) < 4.78 is 13.4. The van der Waals surface area contributed by atoms with Gasteiger partial charge >= 0.3 is 0 Å². The third-order valence-corrected chi connectivity index (χ3v) is 3.52. The van der Waals surface area contributed by atoms with Crippen LogP contribution in [0.2, 0.25) is 0 Å². The molecule has 0 amide bonds. The zero-order chi connectivity index (χ0) is 13.1. The van der Waals surface area contributed by atoms with Crippen LogP contribution in [0.25, 0.3) is 0 Å². The molecule has 3 heteroatoms. The summed E-state index contributed by atoms with van der Waals surface area (Å²) >= 11 is 0. The number of benzene rings is 1. The van der Waals surface area contributed by atoms with Crippen molar-refractivity contribution in [3.8, 4) is 0 Å². The summed E-state index contributed by atoms with van der Waals surface area (Å²) in [7, 11) is 0. The lowest BCUT2D eigenvalue weighted by Gasteiger charge is -2.36. The summed E-state index contributed by atoms with van der Waals surface area (Å²) in [5.41, 5.74) is 2.20. The Morgan fingerprint density at radius 2 is 2.22 bits per heavy atom. The number of anilines is 1. The van der Waals surface area contributed by atoms with Crippen molar-refractivity contribution in [3.05, 3.63) is 29.6 Å². The van der Waals surface area contributed by atoms with Crippen LogP contribution in [0.15, 0.2) is 18.2 Å². The molecule has 0 bridgehead atoms. The summed E-state index contributed by atoms with van der Waals surface area (Å²) in [5, 5.41) is 3.55. The van der Waals surface area contributed by atoms with Gasteiger partial charge in [0.1, 0.15) is 5.82 Å². The zero-order valence-electron chi connectivity index (χ0n) is 11.5. The molecule has 1 heterocycles.